The number of rotatable bonds is 4. The van der Waals surface area contributed by atoms with Crippen LogP contribution >= 0.6 is 7.14 Å². The van der Waals surface area contributed by atoms with E-state index >= 15 is 4.57 Å². The number of benzene rings is 8. The van der Waals surface area contributed by atoms with E-state index in [1.807, 2.05) is 66.7 Å². The zero-order chi connectivity index (χ0) is 30.7. The lowest BCUT2D eigenvalue weighted by Gasteiger charge is -2.24. The molecule has 0 spiro atoms. The molecule has 1 aromatic heterocycles. The number of aromatic nitrogens is 1. The highest BCUT2D eigenvalue weighted by molar-refractivity contribution is 7.85. The molecule has 46 heavy (non-hydrogen) atoms. The highest BCUT2D eigenvalue weighted by Gasteiger charge is 2.32. The summed E-state index contributed by atoms with van der Waals surface area (Å²) >= 11 is 0. The Morgan fingerprint density at radius 1 is 0.391 bits per heavy atom. The average molecular weight is 606 g/mol. The summed E-state index contributed by atoms with van der Waals surface area (Å²) in [6, 6.07) is 58.2. The third-order valence-corrected chi connectivity index (χ3v) is 12.4. The summed E-state index contributed by atoms with van der Waals surface area (Å²) < 4.78 is 15.9. The van der Waals surface area contributed by atoms with E-state index in [4.69, 9.17) is 4.98 Å². The van der Waals surface area contributed by atoms with Gasteiger partial charge in [-0.05, 0) is 38.4 Å². The first kappa shape index (κ1) is 26.8. The molecule has 0 aliphatic carbocycles. The van der Waals surface area contributed by atoms with Gasteiger partial charge in [-0.3, -0.25) is 0 Å². The fraction of sp³-hybridized carbons (Fsp3) is 0. The molecule has 0 radical (unpaired) electrons. The standard InChI is InChI=1S/C43H28NOP/c45-46(30-18-6-2-7-19-30,31-20-8-3-9-21-31)39-28-38-40(37-27-15-12-24-34(37)39)41-35-25-13-10-22-32(35)33-23-11-14-26-36(33)42(41)43(44-38)29-16-4-1-5-17-29/h1-28H. The average Bonchev–Trinajstić information content (AvgIpc) is 3.14. The normalized spacial score (nSPS) is 12.0. The summed E-state index contributed by atoms with van der Waals surface area (Å²) in [5, 5.41) is 12.7. The van der Waals surface area contributed by atoms with Crippen LogP contribution in [0.3, 0.4) is 0 Å². The van der Waals surface area contributed by atoms with Crippen molar-refractivity contribution < 1.29 is 4.57 Å². The van der Waals surface area contributed by atoms with Gasteiger partial charge in [-0.25, -0.2) is 4.98 Å². The van der Waals surface area contributed by atoms with Gasteiger partial charge in [-0.15, -0.1) is 0 Å². The van der Waals surface area contributed by atoms with E-state index in [2.05, 4.69) is 103 Å². The Bertz CT molecular complexity index is 2610. The smallest absolute Gasteiger partial charge is 0.171 e. The highest BCUT2D eigenvalue weighted by Crippen LogP contribution is 2.48. The van der Waals surface area contributed by atoms with Crippen LogP contribution < -0.4 is 15.9 Å². The van der Waals surface area contributed by atoms with Crippen LogP contribution in [0.4, 0.5) is 0 Å². The molecule has 0 aliphatic heterocycles. The minimum Gasteiger partial charge on any atom is -0.309 e. The lowest BCUT2D eigenvalue weighted by Crippen LogP contribution is -2.25. The second-order valence-electron chi connectivity index (χ2n) is 11.8. The molecule has 0 amide bonds. The van der Waals surface area contributed by atoms with Gasteiger partial charge in [-0.2, -0.15) is 0 Å². The fourth-order valence-corrected chi connectivity index (χ4v) is 10.2. The second kappa shape index (κ2) is 10.5. The fourth-order valence-electron chi connectivity index (χ4n) is 7.28. The Hall–Kier alpha value is -5.56. The number of hydrogen-bond acceptors (Lipinski definition) is 2. The Balaban J connectivity index is 1.55. The summed E-state index contributed by atoms with van der Waals surface area (Å²) in [5.41, 5.74) is 2.83. The quantitative estimate of drug-likeness (QED) is 0.148. The first-order valence-electron chi connectivity index (χ1n) is 15.6. The summed E-state index contributed by atoms with van der Waals surface area (Å²) in [7, 11) is -3.30. The lowest BCUT2D eigenvalue weighted by atomic mass is 9.88. The summed E-state index contributed by atoms with van der Waals surface area (Å²) in [4.78, 5) is 5.52. The molecule has 9 rings (SSSR count). The van der Waals surface area contributed by atoms with Gasteiger partial charge in [0.2, 0.25) is 0 Å². The lowest BCUT2D eigenvalue weighted by molar-refractivity contribution is 0.592. The predicted molar refractivity (Wildman–Crippen MR) is 197 cm³/mol. The van der Waals surface area contributed by atoms with Crippen LogP contribution in [-0.4, -0.2) is 4.98 Å². The predicted octanol–water partition coefficient (Wildman–Crippen LogP) is 10.2. The maximum atomic E-state index is 15.9. The molecular formula is C43H28NOP. The largest absolute Gasteiger partial charge is 0.309 e. The third-order valence-electron chi connectivity index (χ3n) is 9.28. The van der Waals surface area contributed by atoms with Crippen molar-refractivity contribution >= 4 is 77.0 Å². The molecule has 9 aromatic rings. The first-order valence-corrected chi connectivity index (χ1v) is 17.3. The zero-order valence-electron chi connectivity index (χ0n) is 25.0. The van der Waals surface area contributed by atoms with Crippen LogP contribution in [0.1, 0.15) is 0 Å². The molecule has 0 atom stereocenters. The van der Waals surface area contributed by atoms with Crippen molar-refractivity contribution in [3.8, 4) is 11.3 Å². The number of hydrogen-bond donors (Lipinski definition) is 0. The molecular weight excluding hydrogens is 577 g/mol. The topological polar surface area (TPSA) is 30.0 Å². The van der Waals surface area contributed by atoms with Crippen molar-refractivity contribution in [3.05, 3.63) is 170 Å². The van der Waals surface area contributed by atoms with Crippen molar-refractivity contribution in [2.75, 3.05) is 0 Å². The summed E-state index contributed by atoms with van der Waals surface area (Å²) in [6.45, 7) is 0. The first-order chi connectivity index (χ1) is 22.7. The molecule has 1 heterocycles. The second-order valence-corrected chi connectivity index (χ2v) is 14.5. The van der Waals surface area contributed by atoms with Crippen LogP contribution in [-0.2, 0) is 4.57 Å². The Kier molecular flexibility index (Phi) is 6.13. The van der Waals surface area contributed by atoms with E-state index in [-0.39, 0.29) is 0 Å². The van der Waals surface area contributed by atoms with Gasteiger partial charge in [-0.1, -0.05) is 164 Å². The van der Waals surface area contributed by atoms with Crippen LogP contribution in [0.2, 0.25) is 0 Å². The zero-order valence-corrected chi connectivity index (χ0v) is 25.9. The minimum atomic E-state index is -3.30. The van der Waals surface area contributed by atoms with Gasteiger partial charge in [0, 0.05) is 37.6 Å². The maximum Gasteiger partial charge on any atom is 0.171 e. The van der Waals surface area contributed by atoms with Crippen LogP contribution in [0.25, 0.3) is 65.3 Å². The molecule has 216 valence electrons. The number of pyridine rings is 1. The van der Waals surface area contributed by atoms with E-state index in [0.717, 1.165) is 54.2 Å². The third kappa shape index (κ3) is 3.91. The SMILES string of the molecule is O=P(c1ccccc1)(c1ccccc1)c1cc2nc(-c3ccccc3)c3c4ccccc4c4ccccc4c3c2c2ccccc12. The minimum absolute atomic E-state index is 0.809. The number of fused-ring (bicyclic) bond motifs is 10. The molecule has 0 fully saturated rings. The van der Waals surface area contributed by atoms with Crippen molar-refractivity contribution in [2.24, 2.45) is 0 Å². The molecule has 0 saturated heterocycles. The van der Waals surface area contributed by atoms with Gasteiger partial charge in [0.05, 0.1) is 11.2 Å². The van der Waals surface area contributed by atoms with E-state index in [1.54, 1.807) is 0 Å². The monoisotopic (exact) mass is 605 g/mol. The van der Waals surface area contributed by atoms with Crippen molar-refractivity contribution in [1.29, 1.82) is 0 Å². The van der Waals surface area contributed by atoms with Crippen LogP contribution in [0, 0.1) is 0 Å². The Labute approximate surface area is 267 Å². The molecule has 0 unspecified atom stereocenters. The van der Waals surface area contributed by atoms with E-state index < -0.39 is 7.14 Å². The van der Waals surface area contributed by atoms with Crippen molar-refractivity contribution in [3.63, 3.8) is 0 Å². The van der Waals surface area contributed by atoms with Crippen LogP contribution in [0.5, 0.6) is 0 Å². The molecule has 0 bridgehead atoms. The molecule has 2 nitrogen and oxygen atoms in total. The van der Waals surface area contributed by atoms with Crippen molar-refractivity contribution in [1.82, 2.24) is 4.98 Å². The molecule has 8 aromatic carbocycles. The summed E-state index contributed by atoms with van der Waals surface area (Å²) in [5.74, 6) is 0. The van der Waals surface area contributed by atoms with Crippen molar-refractivity contribution in [2.45, 2.75) is 0 Å². The van der Waals surface area contributed by atoms with Gasteiger partial charge in [0.1, 0.15) is 0 Å². The molecule has 3 heteroatoms. The molecule has 0 saturated carbocycles. The van der Waals surface area contributed by atoms with Gasteiger partial charge in [0.25, 0.3) is 0 Å². The number of nitrogens with zero attached hydrogens (tertiary/aromatic N) is 1. The molecule has 0 N–H and O–H groups in total. The molecule has 0 aliphatic rings. The van der Waals surface area contributed by atoms with Crippen LogP contribution in [0.15, 0.2) is 170 Å². The summed E-state index contributed by atoms with van der Waals surface area (Å²) in [6.07, 6.45) is 0. The Morgan fingerprint density at radius 3 is 1.35 bits per heavy atom. The van der Waals surface area contributed by atoms with E-state index in [9.17, 15) is 0 Å². The van der Waals surface area contributed by atoms with E-state index in [1.165, 1.54) is 26.9 Å². The highest BCUT2D eigenvalue weighted by atomic mass is 31.2. The maximum absolute atomic E-state index is 15.9. The van der Waals surface area contributed by atoms with Gasteiger partial charge >= 0.3 is 0 Å². The van der Waals surface area contributed by atoms with Gasteiger partial charge < -0.3 is 4.57 Å². The van der Waals surface area contributed by atoms with Gasteiger partial charge in [0.15, 0.2) is 7.14 Å². The Morgan fingerprint density at radius 2 is 0.804 bits per heavy atom. The van der Waals surface area contributed by atoms with E-state index in [0.29, 0.717) is 0 Å².